The lowest BCUT2D eigenvalue weighted by Crippen LogP contribution is -2.33. The molecule has 4 rings (SSSR count). The quantitative estimate of drug-likeness (QED) is 0.131. The topological polar surface area (TPSA) is 325 Å². The predicted molar refractivity (Wildman–Crippen MR) is 120 cm³/mol. The first-order valence-corrected chi connectivity index (χ1v) is 14.3. The fourth-order valence-corrected chi connectivity index (χ4v) is 5.98. The summed E-state index contributed by atoms with van der Waals surface area (Å²) in [5.74, 6) is -0.276. The summed E-state index contributed by atoms with van der Waals surface area (Å²) in [7, 11) is -16.8. The molecule has 1 saturated heterocycles. The molecule has 6 atom stereocenters. The van der Waals surface area contributed by atoms with Crippen molar-refractivity contribution >= 4 is 40.6 Å². The van der Waals surface area contributed by atoms with E-state index < -0.39 is 60.2 Å². The highest BCUT2D eigenvalue weighted by Crippen LogP contribution is 2.66. The van der Waals surface area contributed by atoms with Crippen molar-refractivity contribution in [3.63, 3.8) is 0 Å². The van der Waals surface area contributed by atoms with E-state index >= 15 is 0 Å². The van der Waals surface area contributed by atoms with Crippen LogP contribution >= 0.6 is 23.5 Å². The van der Waals surface area contributed by atoms with E-state index in [0.717, 1.165) is 10.9 Å². The number of aliphatic hydroxyl groups excluding tert-OH is 2. The van der Waals surface area contributed by atoms with Crippen molar-refractivity contribution in [2.75, 3.05) is 12.3 Å². The van der Waals surface area contributed by atoms with Crippen LogP contribution in [0.3, 0.4) is 0 Å². The van der Waals surface area contributed by atoms with Gasteiger partial charge in [-0.15, -0.1) is 0 Å². The van der Waals surface area contributed by atoms with Crippen LogP contribution in [0.25, 0.3) is 11.2 Å². The molecule has 0 aliphatic carbocycles. The lowest BCUT2D eigenvalue weighted by molar-refractivity contribution is -0.0503. The monoisotopic (exact) mass is 603 g/mol. The van der Waals surface area contributed by atoms with Gasteiger partial charge in [0.15, 0.2) is 17.4 Å². The maximum Gasteiger partial charge on any atom is 0.490 e. The van der Waals surface area contributed by atoms with E-state index in [1.165, 1.54) is 6.33 Å². The Kier molecular flexibility index (Phi) is 9.28. The Hall–Kier alpha value is -2.48. The van der Waals surface area contributed by atoms with Gasteiger partial charge in [0.1, 0.15) is 24.6 Å². The summed E-state index contributed by atoms with van der Waals surface area (Å²) < 4.78 is 51.6. The molecule has 0 bridgehead atoms. The minimum Gasteiger partial charge on any atom is -0.387 e. The van der Waals surface area contributed by atoms with Crippen LogP contribution in [-0.4, -0.2) is 84.2 Å². The number of aromatic nitrogens is 6. The standard InChI is InChI=1S/C10H16N5O14P3.C4H4N2/c11-10-13-7-4(8(18)14-10)12-2-15(7)9-6(17)5(16)3(27-9)1-26-31(22,23)29-32(24,25)28-30(19,20)21;1-2-5-4-6-3-1/h2-3,5-6,9,16-17H,1H2,(H,22,23)(H,24,25)(H2,19,20,21)(H3,11,13,14,18);1-4H/t3-,5-,6-,9-;/m1./s1. The van der Waals surface area contributed by atoms with E-state index in [4.69, 9.17) is 25.2 Å². The van der Waals surface area contributed by atoms with Gasteiger partial charge in [-0.3, -0.25) is 18.9 Å². The molecule has 1 aliphatic rings. The molecule has 3 aromatic heterocycles. The van der Waals surface area contributed by atoms with Gasteiger partial charge in [0.05, 0.1) is 12.9 Å². The second-order valence-electron chi connectivity index (χ2n) is 7.11. The summed E-state index contributed by atoms with van der Waals surface area (Å²) in [6.45, 7) is -1.01. The summed E-state index contributed by atoms with van der Waals surface area (Å²) in [5.41, 5.74) is 4.50. The Balaban J connectivity index is 0.000000585. The zero-order chi connectivity index (χ0) is 28.3. The molecule has 0 amide bonds. The third-order valence-corrected chi connectivity index (χ3v) is 8.16. The zero-order valence-electron chi connectivity index (χ0n) is 18.5. The number of hydrogen-bond acceptors (Lipinski definition) is 15. The molecular weight excluding hydrogens is 583 g/mol. The molecule has 9 N–H and O–H groups in total. The molecule has 38 heavy (non-hydrogen) atoms. The van der Waals surface area contributed by atoms with Crippen LogP contribution in [0.15, 0.2) is 35.9 Å². The molecule has 24 heteroatoms. The predicted octanol–water partition coefficient (Wildman–Crippen LogP) is -1.86. The average Bonchev–Trinajstić information content (AvgIpc) is 3.33. The molecule has 0 spiro atoms. The maximum atomic E-state index is 11.9. The molecule has 210 valence electrons. The van der Waals surface area contributed by atoms with Crippen molar-refractivity contribution in [3.8, 4) is 0 Å². The molecule has 2 unspecified atom stereocenters. The molecule has 1 fully saturated rings. The third-order valence-electron chi connectivity index (χ3n) is 4.36. The Morgan fingerprint density at radius 3 is 2.26 bits per heavy atom. The number of fused-ring (bicyclic) bond motifs is 1. The van der Waals surface area contributed by atoms with Crippen molar-refractivity contribution in [2.24, 2.45) is 0 Å². The van der Waals surface area contributed by atoms with Crippen LogP contribution in [-0.2, 0) is 31.6 Å². The van der Waals surface area contributed by atoms with Crippen LogP contribution in [0, 0.1) is 0 Å². The third kappa shape index (κ3) is 8.01. The lowest BCUT2D eigenvalue weighted by atomic mass is 10.1. The molecule has 0 saturated carbocycles. The molecule has 21 nitrogen and oxygen atoms in total. The SMILES string of the molecule is Nc1nc2c(ncn2[C@@H]2O[C@H](COP(=O)(O)OP(=O)(O)OP(=O)(O)O)[C@@H](O)[C@H]2O)c(=O)[nH]1.c1cncnc1. The second kappa shape index (κ2) is 11.7. The summed E-state index contributed by atoms with van der Waals surface area (Å²) in [6.07, 6.45) is -0.458. The van der Waals surface area contributed by atoms with E-state index in [1.807, 2.05) is 0 Å². The number of nitrogens with two attached hydrogens (primary N) is 1. The smallest absolute Gasteiger partial charge is 0.387 e. The number of nitrogen functional groups attached to an aromatic ring is 1. The molecule has 0 radical (unpaired) electrons. The fraction of sp³-hybridized carbons (Fsp3) is 0.357. The summed E-state index contributed by atoms with van der Waals surface area (Å²) in [5, 5.41) is 20.4. The number of anilines is 1. The number of imidazole rings is 1. The number of phosphoric ester groups is 1. The molecule has 4 heterocycles. The van der Waals surface area contributed by atoms with E-state index in [-0.39, 0.29) is 17.1 Å². The van der Waals surface area contributed by atoms with Crippen molar-refractivity contribution in [1.29, 1.82) is 0 Å². The van der Waals surface area contributed by atoms with Crippen LogP contribution < -0.4 is 11.3 Å². The van der Waals surface area contributed by atoms with E-state index in [9.17, 15) is 33.6 Å². The number of aliphatic hydroxyl groups is 2. The number of hydrogen-bond donors (Lipinski definition) is 8. The van der Waals surface area contributed by atoms with E-state index in [2.05, 4.69) is 38.1 Å². The zero-order valence-corrected chi connectivity index (χ0v) is 21.2. The van der Waals surface area contributed by atoms with Gasteiger partial charge in [0.2, 0.25) is 5.95 Å². The number of nitrogens with one attached hydrogen (secondary N) is 1. The van der Waals surface area contributed by atoms with Gasteiger partial charge in [-0.2, -0.15) is 13.6 Å². The molecule has 1 aliphatic heterocycles. The minimum atomic E-state index is -5.73. The van der Waals surface area contributed by atoms with Crippen LogP contribution in [0.2, 0.25) is 0 Å². The minimum absolute atomic E-state index is 0.115. The first kappa shape index (κ1) is 30.1. The Morgan fingerprint density at radius 2 is 1.71 bits per heavy atom. The van der Waals surface area contributed by atoms with Gasteiger partial charge < -0.3 is 40.3 Å². The van der Waals surface area contributed by atoms with Crippen molar-refractivity contribution in [2.45, 2.75) is 24.5 Å². The Morgan fingerprint density at radius 1 is 1.05 bits per heavy atom. The molecule has 0 aromatic carbocycles. The number of nitrogens with zero attached hydrogens (tertiary/aromatic N) is 5. The lowest BCUT2D eigenvalue weighted by Gasteiger charge is -2.19. The van der Waals surface area contributed by atoms with Crippen molar-refractivity contribution in [1.82, 2.24) is 29.5 Å². The van der Waals surface area contributed by atoms with Crippen molar-refractivity contribution < 1.29 is 61.4 Å². The molecule has 3 aromatic rings. The summed E-state index contributed by atoms with van der Waals surface area (Å²) in [4.78, 5) is 64.6. The highest BCUT2D eigenvalue weighted by atomic mass is 31.3. The number of aromatic amines is 1. The largest absolute Gasteiger partial charge is 0.490 e. The average molecular weight is 603 g/mol. The summed E-state index contributed by atoms with van der Waals surface area (Å²) in [6, 6.07) is 1.78. The summed E-state index contributed by atoms with van der Waals surface area (Å²) >= 11 is 0. The first-order chi connectivity index (χ1) is 17.6. The Labute approximate surface area is 210 Å². The Bertz CT molecular complexity index is 1420. The highest BCUT2D eigenvalue weighted by molar-refractivity contribution is 7.66. The number of ether oxygens (including phenoxy) is 1. The van der Waals surface area contributed by atoms with Crippen molar-refractivity contribution in [3.05, 3.63) is 41.5 Å². The van der Waals surface area contributed by atoms with Gasteiger partial charge in [0.25, 0.3) is 5.56 Å². The van der Waals surface area contributed by atoms with Crippen LogP contribution in [0.5, 0.6) is 0 Å². The highest BCUT2D eigenvalue weighted by Gasteiger charge is 2.47. The van der Waals surface area contributed by atoms with Gasteiger partial charge >= 0.3 is 23.5 Å². The van der Waals surface area contributed by atoms with Gasteiger partial charge in [-0.25, -0.2) is 28.6 Å². The van der Waals surface area contributed by atoms with Gasteiger partial charge in [-0.05, 0) is 6.07 Å². The number of rotatable bonds is 8. The van der Waals surface area contributed by atoms with Crippen LogP contribution in [0.1, 0.15) is 6.23 Å². The number of H-pyrrole nitrogens is 1. The second-order valence-corrected chi connectivity index (χ2v) is 11.5. The number of phosphoric acid groups is 3. The first-order valence-electron chi connectivity index (χ1n) is 9.81. The van der Waals surface area contributed by atoms with Crippen LogP contribution in [0.4, 0.5) is 5.95 Å². The van der Waals surface area contributed by atoms with Gasteiger partial charge in [-0.1, -0.05) is 0 Å². The normalized spacial score (nSPS) is 24.8. The fourth-order valence-electron chi connectivity index (χ4n) is 2.95. The van der Waals surface area contributed by atoms with Gasteiger partial charge in [0, 0.05) is 12.4 Å². The van der Waals surface area contributed by atoms with E-state index in [1.54, 1.807) is 18.5 Å². The van der Waals surface area contributed by atoms with E-state index in [0.29, 0.717) is 0 Å². The molecular formula is C14H20N7O14P3. The maximum absolute atomic E-state index is 11.9.